The number of nitrogens with zero attached hydrogens (tertiary/aromatic N) is 1. The monoisotopic (exact) mass is 454 g/mol. The van der Waals surface area contributed by atoms with Crippen LogP contribution < -0.4 is 4.72 Å². The molecule has 0 atom stereocenters. The van der Waals surface area contributed by atoms with E-state index in [0.717, 1.165) is 31.5 Å². The zero-order chi connectivity index (χ0) is 21.2. The second-order valence-corrected chi connectivity index (χ2v) is 9.81. The van der Waals surface area contributed by atoms with Crippen LogP contribution in [-0.4, -0.2) is 32.3 Å². The molecule has 0 radical (unpaired) electrons. The molecule has 1 aliphatic rings. The van der Waals surface area contributed by atoms with E-state index in [1.54, 1.807) is 44.2 Å². The van der Waals surface area contributed by atoms with Crippen molar-refractivity contribution < 1.29 is 13.2 Å². The van der Waals surface area contributed by atoms with Crippen LogP contribution in [0.25, 0.3) is 0 Å². The molecule has 2 aromatic rings. The molecule has 1 fully saturated rings. The van der Waals surface area contributed by atoms with E-state index in [4.69, 9.17) is 23.2 Å². The zero-order valence-electron chi connectivity index (χ0n) is 16.5. The van der Waals surface area contributed by atoms with Crippen LogP contribution in [0.1, 0.15) is 46.3 Å². The number of amides is 1. The molecule has 0 bridgehead atoms. The van der Waals surface area contributed by atoms with E-state index in [1.165, 1.54) is 6.42 Å². The lowest BCUT2D eigenvalue weighted by atomic mass is 10.1. The molecule has 1 heterocycles. The lowest BCUT2D eigenvalue weighted by Gasteiger charge is -2.26. The number of carbonyl (C=O) groups is 1. The smallest absolute Gasteiger partial charge is 0.253 e. The van der Waals surface area contributed by atoms with Crippen molar-refractivity contribution in [2.24, 2.45) is 0 Å². The predicted octanol–water partition coefficient (Wildman–Crippen LogP) is 4.71. The normalized spacial score (nSPS) is 14.8. The molecule has 0 spiro atoms. The van der Waals surface area contributed by atoms with Gasteiger partial charge in [-0.2, -0.15) is 0 Å². The summed E-state index contributed by atoms with van der Waals surface area (Å²) in [4.78, 5) is 14.4. The number of halogens is 2. The molecule has 1 amide bonds. The van der Waals surface area contributed by atoms with Crippen LogP contribution in [0.2, 0.25) is 10.0 Å². The van der Waals surface area contributed by atoms with Crippen molar-refractivity contribution in [2.45, 2.75) is 44.6 Å². The summed E-state index contributed by atoms with van der Waals surface area (Å²) in [5, 5.41) is 0.523. The van der Waals surface area contributed by atoms with Crippen molar-refractivity contribution in [1.29, 1.82) is 0 Å². The summed E-state index contributed by atoms with van der Waals surface area (Å²) >= 11 is 12.4. The van der Waals surface area contributed by atoms with Crippen molar-refractivity contribution in [3.05, 3.63) is 62.6 Å². The highest BCUT2D eigenvalue weighted by molar-refractivity contribution is 7.89. The molecule has 156 valence electrons. The van der Waals surface area contributed by atoms with Gasteiger partial charge in [0.1, 0.15) is 4.90 Å². The third-order valence-corrected chi connectivity index (χ3v) is 7.73. The lowest BCUT2D eigenvalue weighted by molar-refractivity contribution is 0.0724. The van der Waals surface area contributed by atoms with Crippen molar-refractivity contribution in [3.63, 3.8) is 0 Å². The maximum Gasteiger partial charge on any atom is 0.253 e. The number of aryl methyl sites for hydroxylation is 1. The Morgan fingerprint density at radius 2 is 1.69 bits per heavy atom. The SMILES string of the molecule is Cc1cc(Cl)c(C)c(S(=O)(=O)NCc2ccc(C(=O)N3CCCCC3)cc2)c1Cl. The lowest BCUT2D eigenvalue weighted by Crippen LogP contribution is -2.35. The highest BCUT2D eigenvalue weighted by Crippen LogP contribution is 2.33. The van der Waals surface area contributed by atoms with E-state index < -0.39 is 10.0 Å². The quantitative estimate of drug-likeness (QED) is 0.710. The molecule has 0 unspecified atom stereocenters. The van der Waals surface area contributed by atoms with Crippen LogP contribution >= 0.6 is 23.2 Å². The van der Waals surface area contributed by atoms with Gasteiger partial charge in [-0.15, -0.1) is 0 Å². The highest BCUT2D eigenvalue weighted by atomic mass is 35.5. The third kappa shape index (κ3) is 4.94. The van der Waals surface area contributed by atoms with E-state index >= 15 is 0 Å². The summed E-state index contributed by atoms with van der Waals surface area (Å²) in [6.45, 7) is 5.01. The first kappa shape index (κ1) is 22.1. The minimum atomic E-state index is -3.85. The summed E-state index contributed by atoms with van der Waals surface area (Å²) in [6.07, 6.45) is 3.24. The van der Waals surface area contributed by atoms with Crippen molar-refractivity contribution in [2.75, 3.05) is 13.1 Å². The first-order chi connectivity index (χ1) is 13.7. The first-order valence-electron chi connectivity index (χ1n) is 9.54. The number of likely N-dealkylation sites (tertiary alicyclic amines) is 1. The van der Waals surface area contributed by atoms with E-state index in [0.29, 0.717) is 21.7 Å². The Labute approximate surface area is 182 Å². The average Bonchev–Trinajstić information content (AvgIpc) is 2.71. The Morgan fingerprint density at radius 3 is 2.31 bits per heavy atom. The number of nitrogens with one attached hydrogen (secondary N) is 1. The van der Waals surface area contributed by atoms with Gasteiger partial charge in [-0.1, -0.05) is 35.3 Å². The number of hydrogen-bond acceptors (Lipinski definition) is 3. The Bertz CT molecular complexity index is 989. The molecule has 8 heteroatoms. The van der Waals surface area contributed by atoms with Crippen LogP contribution in [0.5, 0.6) is 0 Å². The molecular formula is C21H24Cl2N2O3S. The Morgan fingerprint density at radius 1 is 1.07 bits per heavy atom. The van der Waals surface area contributed by atoms with E-state index in [1.807, 2.05) is 4.90 Å². The van der Waals surface area contributed by atoms with Gasteiger partial charge in [0.2, 0.25) is 10.0 Å². The van der Waals surface area contributed by atoms with Gasteiger partial charge in [-0.25, -0.2) is 13.1 Å². The van der Waals surface area contributed by atoms with Gasteiger partial charge >= 0.3 is 0 Å². The summed E-state index contributed by atoms with van der Waals surface area (Å²) in [5.74, 6) is 0.0219. The van der Waals surface area contributed by atoms with Crippen LogP contribution in [0.15, 0.2) is 35.2 Å². The van der Waals surface area contributed by atoms with Crippen molar-refractivity contribution >= 4 is 39.1 Å². The average molecular weight is 455 g/mol. The molecule has 0 saturated carbocycles. The Balaban J connectivity index is 1.72. The maximum absolute atomic E-state index is 12.8. The molecule has 1 aliphatic heterocycles. The molecule has 29 heavy (non-hydrogen) atoms. The van der Waals surface area contributed by atoms with Crippen LogP contribution in [0.3, 0.4) is 0 Å². The molecule has 5 nitrogen and oxygen atoms in total. The largest absolute Gasteiger partial charge is 0.339 e. The summed E-state index contributed by atoms with van der Waals surface area (Å²) < 4.78 is 28.2. The van der Waals surface area contributed by atoms with Gasteiger partial charge in [0, 0.05) is 30.2 Å². The molecule has 1 saturated heterocycles. The minimum Gasteiger partial charge on any atom is -0.339 e. The molecular weight excluding hydrogens is 431 g/mol. The Kier molecular flexibility index (Phi) is 6.89. The van der Waals surface area contributed by atoms with Crippen LogP contribution in [0, 0.1) is 13.8 Å². The highest BCUT2D eigenvalue weighted by Gasteiger charge is 2.24. The fraction of sp³-hybridized carbons (Fsp3) is 0.381. The molecule has 3 rings (SSSR count). The van der Waals surface area contributed by atoms with Crippen molar-refractivity contribution in [3.8, 4) is 0 Å². The van der Waals surface area contributed by atoms with Gasteiger partial charge in [0.05, 0.1) is 5.02 Å². The second kappa shape index (κ2) is 9.04. The number of sulfonamides is 1. The maximum atomic E-state index is 12.8. The summed E-state index contributed by atoms with van der Waals surface area (Å²) in [6, 6.07) is 8.65. The van der Waals surface area contributed by atoms with Gasteiger partial charge in [0.15, 0.2) is 0 Å². The van der Waals surface area contributed by atoms with Crippen LogP contribution in [0.4, 0.5) is 0 Å². The number of rotatable bonds is 5. The molecule has 0 aliphatic carbocycles. The third-order valence-electron chi connectivity index (χ3n) is 5.17. The number of carbonyl (C=O) groups excluding carboxylic acids is 1. The van der Waals surface area contributed by atoms with Gasteiger partial charge in [-0.05, 0) is 68.0 Å². The summed E-state index contributed by atoms with van der Waals surface area (Å²) in [7, 11) is -3.85. The summed E-state index contributed by atoms with van der Waals surface area (Å²) in [5.41, 5.74) is 2.37. The topological polar surface area (TPSA) is 66.5 Å². The van der Waals surface area contributed by atoms with E-state index in [2.05, 4.69) is 4.72 Å². The molecule has 2 aromatic carbocycles. The Hall–Kier alpha value is -1.60. The number of hydrogen-bond donors (Lipinski definition) is 1. The van der Waals surface area contributed by atoms with E-state index in [9.17, 15) is 13.2 Å². The standard InChI is InChI=1S/C21H24Cl2N2O3S/c1-14-12-18(22)15(2)20(19(14)23)29(27,28)24-13-16-6-8-17(9-7-16)21(26)25-10-4-3-5-11-25/h6-9,12,24H,3-5,10-11,13H2,1-2H3. The van der Waals surface area contributed by atoms with Crippen LogP contribution in [-0.2, 0) is 16.6 Å². The second-order valence-electron chi connectivity index (χ2n) is 7.32. The van der Waals surface area contributed by atoms with Crippen molar-refractivity contribution in [1.82, 2.24) is 9.62 Å². The van der Waals surface area contributed by atoms with Gasteiger partial charge in [-0.3, -0.25) is 4.79 Å². The van der Waals surface area contributed by atoms with Gasteiger partial charge in [0.25, 0.3) is 5.91 Å². The predicted molar refractivity (Wildman–Crippen MR) is 116 cm³/mol. The first-order valence-corrected chi connectivity index (χ1v) is 11.8. The van der Waals surface area contributed by atoms with E-state index in [-0.39, 0.29) is 22.4 Å². The number of benzene rings is 2. The van der Waals surface area contributed by atoms with Gasteiger partial charge < -0.3 is 4.90 Å². The fourth-order valence-electron chi connectivity index (χ4n) is 3.43. The fourth-order valence-corrected chi connectivity index (χ4v) is 5.65. The zero-order valence-corrected chi connectivity index (χ0v) is 18.8. The minimum absolute atomic E-state index is 0.000984. The number of piperidine rings is 1. The molecule has 0 aromatic heterocycles. The molecule has 1 N–H and O–H groups in total.